The quantitative estimate of drug-likeness (QED) is 0.864. The van der Waals surface area contributed by atoms with Crippen molar-refractivity contribution in [2.45, 2.75) is 44.8 Å². The Hall–Kier alpha value is -0.450. The smallest absolute Gasteiger partial charge is 0.137 e. The molecule has 1 unspecified atom stereocenters. The second-order valence-corrected chi connectivity index (χ2v) is 6.22. The highest BCUT2D eigenvalue weighted by Gasteiger charge is 2.30. The van der Waals surface area contributed by atoms with Gasteiger partial charge < -0.3 is 10.5 Å². The summed E-state index contributed by atoms with van der Waals surface area (Å²) in [5.74, 6) is 0.464. The molecular formula is C15H21BrFNO. The molecule has 0 aliphatic heterocycles. The molecule has 1 atom stereocenters. The molecule has 0 radical (unpaired) electrons. The van der Waals surface area contributed by atoms with E-state index < -0.39 is 0 Å². The summed E-state index contributed by atoms with van der Waals surface area (Å²) in [6.45, 7) is 2.83. The standard InChI is InChI=1S/C15H21BrFNO/c1-2-19-13-7-11(8-13)6-12(18)5-10-3-4-15(17)14(16)9-10/h3-4,9,11-13H,2,5-8,18H2,1H3. The minimum atomic E-state index is -0.226. The van der Waals surface area contributed by atoms with Crippen LogP contribution in [0, 0.1) is 11.7 Å². The second-order valence-electron chi connectivity index (χ2n) is 5.36. The fourth-order valence-corrected chi connectivity index (χ4v) is 3.15. The van der Waals surface area contributed by atoms with E-state index >= 15 is 0 Å². The second kappa shape index (κ2) is 6.82. The van der Waals surface area contributed by atoms with Gasteiger partial charge in [-0.25, -0.2) is 4.39 Å². The summed E-state index contributed by atoms with van der Waals surface area (Å²) >= 11 is 3.20. The van der Waals surface area contributed by atoms with Crippen molar-refractivity contribution < 1.29 is 9.13 Å². The Morgan fingerprint density at radius 3 is 2.84 bits per heavy atom. The maximum absolute atomic E-state index is 13.1. The van der Waals surface area contributed by atoms with Crippen molar-refractivity contribution in [3.63, 3.8) is 0 Å². The van der Waals surface area contributed by atoms with Crippen molar-refractivity contribution >= 4 is 15.9 Å². The topological polar surface area (TPSA) is 35.2 Å². The molecule has 1 aromatic carbocycles. The first-order valence-electron chi connectivity index (χ1n) is 6.89. The lowest BCUT2D eigenvalue weighted by Crippen LogP contribution is -2.36. The first-order chi connectivity index (χ1) is 9.08. The summed E-state index contributed by atoms with van der Waals surface area (Å²) < 4.78 is 19.2. The van der Waals surface area contributed by atoms with Crippen LogP contribution in [-0.2, 0) is 11.2 Å². The van der Waals surface area contributed by atoms with Crippen LogP contribution in [0.1, 0.15) is 31.7 Å². The maximum atomic E-state index is 13.1. The lowest BCUT2D eigenvalue weighted by Gasteiger charge is -2.36. The summed E-state index contributed by atoms with van der Waals surface area (Å²) in [6.07, 6.45) is 4.54. The van der Waals surface area contributed by atoms with E-state index in [1.165, 1.54) is 6.07 Å². The summed E-state index contributed by atoms with van der Waals surface area (Å²) in [6, 6.07) is 5.26. The van der Waals surface area contributed by atoms with E-state index in [4.69, 9.17) is 10.5 Å². The SMILES string of the molecule is CCOC1CC(CC(N)Cc2ccc(F)c(Br)c2)C1. The lowest BCUT2D eigenvalue weighted by atomic mass is 9.77. The van der Waals surface area contributed by atoms with Gasteiger partial charge in [0.25, 0.3) is 0 Å². The van der Waals surface area contributed by atoms with Gasteiger partial charge in [0.15, 0.2) is 0 Å². The molecule has 106 valence electrons. The molecule has 2 nitrogen and oxygen atoms in total. The van der Waals surface area contributed by atoms with Crippen LogP contribution in [0.15, 0.2) is 22.7 Å². The number of benzene rings is 1. The third-order valence-electron chi connectivity index (χ3n) is 3.71. The van der Waals surface area contributed by atoms with E-state index in [1.807, 2.05) is 19.1 Å². The van der Waals surface area contributed by atoms with E-state index in [9.17, 15) is 4.39 Å². The summed E-state index contributed by atoms with van der Waals surface area (Å²) in [5, 5.41) is 0. The molecule has 0 spiro atoms. The Labute approximate surface area is 122 Å². The van der Waals surface area contributed by atoms with Crippen molar-refractivity contribution in [2.24, 2.45) is 11.7 Å². The highest BCUT2D eigenvalue weighted by atomic mass is 79.9. The number of rotatable bonds is 6. The van der Waals surface area contributed by atoms with E-state index in [2.05, 4.69) is 15.9 Å². The molecule has 0 saturated heterocycles. The Balaban J connectivity index is 1.75. The highest BCUT2D eigenvalue weighted by Crippen LogP contribution is 2.33. The van der Waals surface area contributed by atoms with Crippen LogP contribution in [-0.4, -0.2) is 18.8 Å². The number of nitrogens with two attached hydrogens (primary N) is 1. The molecule has 0 heterocycles. The van der Waals surface area contributed by atoms with Crippen molar-refractivity contribution in [1.29, 1.82) is 0 Å². The van der Waals surface area contributed by atoms with Crippen molar-refractivity contribution in [1.82, 2.24) is 0 Å². The number of ether oxygens (including phenoxy) is 1. The van der Waals surface area contributed by atoms with Gasteiger partial charge in [0.1, 0.15) is 5.82 Å². The average Bonchev–Trinajstić information content (AvgIpc) is 2.31. The molecule has 0 aromatic heterocycles. The minimum Gasteiger partial charge on any atom is -0.378 e. The van der Waals surface area contributed by atoms with Gasteiger partial charge in [-0.2, -0.15) is 0 Å². The molecule has 0 amide bonds. The van der Waals surface area contributed by atoms with Crippen LogP contribution < -0.4 is 5.73 Å². The molecule has 19 heavy (non-hydrogen) atoms. The summed E-state index contributed by atoms with van der Waals surface area (Å²) in [5.41, 5.74) is 7.26. The van der Waals surface area contributed by atoms with Crippen LogP contribution in [0.4, 0.5) is 4.39 Å². The van der Waals surface area contributed by atoms with Gasteiger partial charge in [-0.05, 0) is 72.2 Å². The van der Waals surface area contributed by atoms with E-state index in [1.54, 1.807) is 0 Å². The Morgan fingerprint density at radius 1 is 1.47 bits per heavy atom. The third kappa shape index (κ3) is 4.26. The van der Waals surface area contributed by atoms with Crippen molar-refractivity contribution in [3.8, 4) is 0 Å². The van der Waals surface area contributed by atoms with Gasteiger partial charge in [-0.3, -0.25) is 0 Å². The van der Waals surface area contributed by atoms with Gasteiger partial charge in [0, 0.05) is 12.6 Å². The first-order valence-corrected chi connectivity index (χ1v) is 7.69. The zero-order valence-corrected chi connectivity index (χ0v) is 12.8. The number of hydrogen-bond acceptors (Lipinski definition) is 2. The van der Waals surface area contributed by atoms with Gasteiger partial charge in [0.05, 0.1) is 10.6 Å². The van der Waals surface area contributed by atoms with Crippen LogP contribution in [0.2, 0.25) is 0 Å². The summed E-state index contributed by atoms with van der Waals surface area (Å²) in [7, 11) is 0. The zero-order valence-electron chi connectivity index (χ0n) is 11.2. The molecule has 1 aromatic rings. The van der Waals surface area contributed by atoms with Gasteiger partial charge in [0.2, 0.25) is 0 Å². The van der Waals surface area contributed by atoms with E-state index in [-0.39, 0.29) is 11.9 Å². The molecule has 1 aliphatic rings. The monoisotopic (exact) mass is 329 g/mol. The highest BCUT2D eigenvalue weighted by molar-refractivity contribution is 9.10. The van der Waals surface area contributed by atoms with Crippen LogP contribution in [0.5, 0.6) is 0 Å². The Kier molecular flexibility index (Phi) is 5.37. The first kappa shape index (κ1) is 14.9. The molecule has 1 aliphatic carbocycles. The molecule has 4 heteroatoms. The normalized spacial score (nSPS) is 24.0. The fraction of sp³-hybridized carbons (Fsp3) is 0.600. The molecule has 1 saturated carbocycles. The molecule has 2 N–H and O–H groups in total. The molecule has 2 rings (SSSR count). The Morgan fingerprint density at radius 2 is 2.21 bits per heavy atom. The molecule has 0 bridgehead atoms. The van der Waals surface area contributed by atoms with Gasteiger partial charge in [-0.1, -0.05) is 6.07 Å². The van der Waals surface area contributed by atoms with Crippen molar-refractivity contribution in [2.75, 3.05) is 6.61 Å². The minimum absolute atomic E-state index is 0.143. The third-order valence-corrected chi connectivity index (χ3v) is 4.32. The number of hydrogen-bond donors (Lipinski definition) is 1. The average molecular weight is 330 g/mol. The van der Waals surface area contributed by atoms with Crippen LogP contribution >= 0.6 is 15.9 Å². The fourth-order valence-electron chi connectivity index (χ4n) is 2.72. The predicted octanol–water partition coefficient (Wildman–Crippen LogP) is 3.66. The maximum Gasteiger partial charge on any atom is 0.137 e. The van der Waals surface area contributed by atoms with Crippen molar-refractivity contribution in [3.05, 3.63) is 34.1 Å². The Bertz CT molecular complexity index is 421. The van der Waals surface area contributed by atoms with Gasteiger partial charge in [-0.15, -0.1) is 0 Å². The van der Waals surface area contributed by atoms with Gasteiger partial charge >= 0.3 is 0 Å². The summed E-state index contributed by atoms with van der Waals surface area (Å²) in [4.78, 5) is 0. The van der Waals surface area contributed by atoms with Crippen LogP contribution in [0.25, 0.3) is 0 Å². The molecular weight excluding hydrogens is 309 g/mol. The zero-order chi connectivity index (χ0) is 13.8. The lowest BCUT2D eigenvalue weighted by molar-refractivity contribution is -0.0280. The number of halogens is 2. The molecule has 1 fully saturated rings. The predicted molar refractivity (Wildman–Crippen MR) is 78.5 cm³/mol. The largest absolute Gasteiger partial charge is 0.378 e. The van der Waals surface area contributed by atoms with E-state index in [0.717, 1.165) is 37.9 Å². The van der Waals surface area contributed by atoms with Crippen LogP contribution in [0.3, 0.4) is 0 Å². The van der Waals surface area contributed by atoms with E-state index in [0.29, 0.717) is 16.5 Å².